The van der Waals surface area contributed by atoms with Gasteiger partial charge in [0.25, 0.3) is 0 Å². The quantitative estimate of drug-likeness (QED) is 0.794. The third kappa shape index (κ3) is 3.63. The van der Waals surface area contributed by atoms with E-state index in [1.807, 2.05) is 15.5 Å². The molecule has 0 radical (unpaired) electrons. The van der Waals surface area contributed by atoms with Crippen LogP contribution in [0.15, 0.2) is 12.1 Å². The van der Waals surface area contributed by atoms with E-state index in [2.05, 4.69) is 21.2 Å². The molecule has 150 valence electrons. The normalized spacial score (nSPS) is 24.8. The Morgan fingerprint density at radius 2 is 1.93 bits per heavy atom. The molecule has 2 saturated heterocycles. The molecule has 0 bridgehead atoms. The molecule has 28 heavy (non-hydrogen) atoms. The Hall–Kier alpha value is -2.06. The van der Waals surface area contributed by atoms with Crippen molar-refractivity contribution in [2.75, 3.05) is 39.3 Å². The molecule has 0 N–H and O–H groups in total. The van der Waals surface area contributed by atoms with Crippen molar-refractivity contribution in [3.05, 3.63) is 23.7 Å². The molecule has 1 aliphatic carbocycles. The zero-order valence-corrected chi connectivity index (χ0v) is 16.5. The summed E-state index contributed by atoms with van der Waals surface area (Å²) in [6.45, 7) is 6.62. The van der Waals surface area contributed by atoms with Gasteiger partial charge in [-0.1, -0.05) is 0 Å². The number of morpholine rings is 1. The highest BCUT2D eigenvalue weighted by molar-refractivity contribution is 5.73. The molecular weight excluding hydrogens is 356 g/mol. The molecule has 8 nitrogen and oxygen atoms in total. The zero-order valence-electron chi connectivity index (χ0n) is 16.5. The van der Waals surface area contributed by atoms with Crippen molar-refractivity contribution >= 4 is 11.6 Å². The first-order chi connectivity index (χ1) is 13.7. The number of aromatic nitrogens is 4. The van der Waals surface area contributed by atoms with E-state index in [1.165, 1.54) is 18.5 Å². The summed E-state index contributed by atoms with van der Waals surface area (Å²) < 4.78 is 7.86. The minimum absolute atomic E-state index is 0.117. The number of amides is 1. The minimum atomic E-state index is 0.117. The largest absolute Gasteiger partial charge is 0.373 e. The predicted octanol–water partition coefficient (Wildman–Crippen LogP) is 1.43. The van der Waals surface area contributed by atoms with Gasteiger partial charge >= 0.3 is 0 Å². The molecule has 1 atom stereocenters. The maximum absolute atomic E-state index is 11.6. The molecule has 3 fully saturated rings. The lowest BCUT2D eigenvalue weighted by atomic mass is 9.96. The van der Waals surface area contributed by atoms with Crippen LogP contribution in [0.2, 0.25) is 0 Å². The van der Waals surface area contributed by atoms with Crippen molar-refractivity contribution in [1.29, 1.82) is 0 Å². The first-order valence-electron chi connectivity index (χ1n) is 10.5. The second-order valence-corrected chi connectivity index (χ2v) is 8.39. The zero-order chi connectivity index (χ0) is 19.1. The number of carbonyl (C=O) groups is 1. The van der Waals surface area contributed by atoms with Gasteiger partial charge in [0.2, 0.25) is 5.91 Å². The van der Waals surface area contributed by atoms with Gasteiger partial charge < -0.3 is 14.5 Å². The highest BCUT2D eigenvalue weighted by Gasteiger charge is 2.30. The maximum Gasteiger partial charge on any atom is 0.219 e. The average molecular weight is 384 g/mol. The van der Waals surface area contributed by atoms with Gasteiger partial charge in [0.05, 0.1) is 18.4 Å². The summed E-state index contributed by atoms with van der Waals surface area (Å²) in [5, 5.41) is 13.6. The number of rotatable bonds is 4. The predicted molar refractivity (Wildman–Crippen MR) is 103 cm³/mol. The molecule has 0 aromatic carbocycles. The van der Waals surface area contributed by atoms with Gasteiger partial charge in [0.1, 0.15) is 0 Å². The van der Waals surface area contributed by atoms with E-state index in [0.29, 0.717) is 31.5 Å². The summed E-state index contributed by atoms with van der Waals surface area (Å²) in [7, 11) is 0. The summed E-state index contributed by atoms with van der Waals surface area (Å²) in [4.78, 5) is 16.0. The summed E-state index contributed by atoms with van der Waals surface area (Å²) >= 11 is 0. The third-order valence-corrected chi connectivity index (χ3v) is 6.30. The van der Waals surface area contributed by atoms with Crippen molar-refractivity contribution in [1.82, 2.24) is 29.6 Å². The van der Waals surface area contributed by atoms with E-state index in [-0.39, 0.29) is 12.0 Å². The third-order valence-electron chi connectivity index (χ3n) is 6.30. The van der Waals surface area contributed by atoms with Crippen LogP contribution in [-0.2, 0) is 9.53 Å². The Morgan fingerprint density at radius 3 is 2.68 bits per heavy atom. The number of hydrogen-bond donors (Lipinski definition) is 0. The van der Waals surface area contributed by atoms with Crippen molar-refractivity contribution in [3.63, 3.8) is 0 Å². The number of carbonyl (C=O) groups excluding carboxylic acids is 1. The first-order valence-corrected chi connectivity index (χ1v) is 10.5. The van der Waals surface area contributed by atoms with E-state index in [1.54, 1.807) is 6.92 Å². The van der Waals surface area contributed by atoms with Crippen LogP contribution in [0.4, 0.5) is 0 Å². The first kappa shape index (κ1) is 18.0. The van der Waals surface area contributed by atoms with Gasteiger partial charge in [-0.15, -0.1) is 10.2 Å². The number of fused-ring (bicyclic) bond motifs is 1. The lowest BCUT2D eigenvalue weighted by Crippen LogP contribution is -2.50. The van der Waals surface area contributed by atoms with Crippen LogP contribution in [-0.4, -0.2) is 81.0 Å². The Morgan fingerprint density at radius 1 is 1.11 bits per heavy atom. The van der Waals surface area contributed by atoms with E-state index in [4.69, 9.17) is 9.84 Å². The molecule has 8 heteroatoms. The number of hydrogen-bond acceptors (Lipinski definition) is 6. The Labute approximate surface area is 164 Å². The van der Waals surface area contributed by atoms with Crippen molar-refractivity contribution in [2.24, 2.45) is 0 Å². The molecule has 1 unspecified atom stereocenters. The smallest absolute Gasteiger partial charge is 0.219 e. The minimum Gasteiger partial charge on any atom is -0.373 e. The molecule has 5 rings (SSSR count). The topological polar surface area (TPSA) is 75.9 Å². The van der Waals surface area contributed by atoms with Gasteiger partial charge in [0, 0.05) is 38.4 Å². The molecule has 4 heterocycles. The summed E-state index contributed by atoms with van der Waals surface area (Å²) in [6.07, 6.45) is 4.72. The fourth-order valence-electron chi connectivity index (χ4n) is 4.45. The molecule has 2 aromatic rings. The molecule has 2 aliphatic heterocycles. The van der Waals surface area contributed by atoms with Gasteiger partial charge in [-0.05, 0) is 50.9 Å². The number of piperidine rings is 1. The van der Waals surface area contributed by atoms with Crippen LogP contribution in [0.5, 0.6) is 0 Å². The number of nitrogens with zero attached hydrogens (tertiary/aromatic N) is 6. The molecule has 0 spiro atoms. The van der Waals surface area contributed by atoms with Gasteiger partial charge in [0.15, 0.2) is 11.5 Å². The van der Waals surface area contributed by atoms with Crippen LogP contribution < -0.4 is 0 Å². The fraction of sp³-hybridized carbons (Fsp3) is 0.700. The Balaban J connectivity index is 1.21. The lowest BCUT2D eigenvalue weighted by Gasteiger charge is -2.37. The number of likely N-dealkylation sites (tertiary alicyclic amines) is 1. The van der Waals surface area contributed by atoms with Gasteiger partial charge in [-0.2, -0.15) is 9.61 Å². The van der Waals surface area contributed by atoms with Crippen molar-refractivity contribution in [2.45, 2.75) is 50.5 Å². The van der Waals surface area contributed by atoms with Crippen LogP contribution in [0.25, 0.3) is 5.65 Å². The molecular formula is C20H28N6O2. The fourth-order valence-corrected chi connectivity index (χ4v) is 4.45. The molecule has 2 aromatic heterocycles. The highest BCUT2D eigenvalue weighted by Crippen LogP contribution is 2.39. The highest BCUT2D eigenvalue weighted by atomic mass is 16.5. The SMILES string of the molecule is CC(=O)N1CCOC(CN2CCC(c3nnc4ccc(C5CC5)nn34)CC2)C1. The maximum atomic E-state index is 11.6. The second kappa shape index (κ2) is 7.40. The van der Waals surface area contributed by atoms with Crippen molar-refractivity contribution < 1.29 is 9.53 Å². The summed E-state index contributed by atoms with van der Waals surface area (Å²) in [5.74, 6) is 2.18. The van der Waals surface area contributed by atoms with Crippen LogP contribution in [0.3, 0.4) is 0 Å². The second-order valence-electron chi connectivity index (χ2n) is 8.39. The summed E-state index contributed by atoms with van der Waals surface area (Å²) in [5.41, 5.74) is 2.03. The molecule has 1 amide bonds. The van der Waals surface area contributed by atoms with Gasteiger partial charge in [-0.25, -0.2) is 0 Å². The van der Waals surface area contributed by atoms with E-state index in [0.717, 1.165) is 43.9 Å². The molecule has 3 aliphatic rings. The number of ether oxygens (including phenoxy) is 1. The summed E-state index contributed by atoms with van der Waals surface area (Å²) in [6, 6.07) is 4.15. The Bertz CT molecular complexity index is 855. The van der Waals surface area contributed by atoms with E-state index >= 15 is 0 Å². The van der Waals surface area contributed by atoms with Crippen molar-refractivity contribution in [3.8, 4) is 0 Å². The lowest BCUT2D eigenvalue weighted by molar-refractivity contribution is -0.137. The average Bonchev–Trinajstić information content (AvgIpc) is 3.48. The Kier molecular flexibility index (Phi) is 4.76. The van der Waals surface area contributed by atoms with Gasteiger partial charge in [-0.3, -0.25) is 4.79 Å². The van der Waals surface area contributed by atoms with Crippen LogP contribution in [0, 0.1) is 0 Å². The van der Waals surface area contributed by atoms with Crippen LogP contribution in [0.1, 0.15) is 56.0 Å². The van der Waals surface area contributed by atoms with E-state index < -0.39 is 0 Å². The van der Waals surface area contributed by atoms with E-state index in [9.17, 15) is 4.79 Å². The van der Waals surface area contributed by atoms with Crippen LogP contribution >= 0.6 is 0 Å². The molecule has 1 saturated carbocycles. The standard InChI is InChI=1S/C20H28N6O2/c1-14(27)25-10-11-28-17(13-25)12-24-8-6-16(7-9-24)20-22-21-19-5-4-18(15-2-3-15)23-26(19)20/h4-5,15-17H,2-3,6-13H2,1H3. The monoisotopic (exact) mass is 384 g/mol.